The summed E-state index contributed by atoms with van der Waals surface area (Å²) in [5.74, 6) is -0.744. The van der Waals surface area contributed by atoms with Gasteiger partial charge in [-0.05, 0) is 62.1 Å². The Morgan fingerprint density at radius 3 is 2.30 bits per heavy atom. The summed E-state index contributed by atoms with van der Waals surface area (Å²) in [4.78, 5) is 28.9. The minimum Gasteiger partial charge on any atom is -0.354 e. The second kappa shape index (κ2) is 14.3. The number of carbonyl (C=O) groups is 2. The minimum atomic E-state index is -4.15. The van der Waals surface area contributed by atoms with E-state index in [0.29, 0.717) is 29.2 Å². The van der Waals surface area contributed by atoms with Gasteiger partial charge in [0.25, 0.3) is 10.0 Å². The Labute approximate surface area is 243 Å². The highest BCUT2D eigenvalue weighted by molar-refractivity contribution is 7.92. The summed E-state index contributed by atoms with van der Waals surface area (Å²) in [5.41, 5.74) is 2.71. The fourth-order valence-corrected chi connectivity index (χ4v) is 6.19. The molecule has 1 atom stereocenters. The maximum Gasteiger partial charge on any atom is 0.264 e. The number of hydrogen-bond donors (Lipinski definition) is 1. The Balaban J connectivity index is 2.07. The van der Waals surface area contributed by atoms with Gasteiger partial charge in [0.05, 0.1) is 10.6 Å². The number of carbonyl (C=O) groups excluding carboxylic acids is 2. The van der Waals surface area contributed by atoms with Crippen LogP contribution in [-0.2, 0) is 26.2 Å². The van der Waals surface area contributed by atoms with Crippen LogP contribution in [0.3, 0.4) is 0 Å². The molecule has 0 aliphatic carbocycles. The molecule has 0 radical (unpaired) electrons. The number of hydrogen-bond acceptors (Lipinski definition) is 4. The first-order chi connectivity index (χ1) is 19.1. The lowest BCUT2D eigenvalue weighted by Gasteiger charge is -2.33. The third kappa shape index (κ3) is 7.64. The highest BCUT2D eigenvalue weighted by Gasteiger charge is 2.34. The summed E-state index contributed by atoms with van der Waals surface area (Å²) in [6.07, 6.45) is 2.12. The van der Waals surface area contributed by atoms with Crippen molar-refractivity contribution in [1.29, 1.82) is 0 Å². The number of rotatable bonds is 13. The van der Waals surface area contributed by atoms with E-state index in [4.69, 9.17) is 11.6 Å². The standard InChI is InChI=1S/C31H38ClN3O4S/c1-5-7-19-33-31(37)28(6-2)34(21-25-14-11-13-23(3)20-25)30(36)22-35(29-18-12-17-27(32)24(29)4)40(38,39)26-15-9-8-10-16-26/h8-18,20,28H,5-7,19,21-22H2,1-4H3,(H,33,37)/t28-/m1/s1. The van der Waals surface area contributed by atoms with E-state index < -0.39 is 28.5 Å². The van der Waals surface area contributed by atoms with Gasteiger partial charge in [-0.15, -0.1) is 0 Å². The van der Waals surface area contributed by atoms with Crippen LogP contribution in [0.1, 0.15) is 49.8 Å². The summed E-state index contributed by atoms with van der Waals surface area (Å²) in [7, 11) is -4.15. The largest absolute Gasteiger partial charge is 0.354 e. The second-order valence-corrected chi connectivity index (χ2v) is 12.1. The molecule has 0 bridgehead atoms. The van der Waals surface area contributed by atoms with E-state index in [1.165, 1.54) is 17.0 Å². The molecule has 0 aromatic heterocycles. The van der Waals surface area contributed by atoms with Gasteiger partial charge < -0.3 is 10.2 Å². The van der Waals surface area contributed by atoms with E-state index in [2.05, 4.69) is 5.32 Å². The molecule has 214 valence electrons. The van der Waals surface area contributed by atoms with Crippen molar-refractivity contribution in [2.75, 3.05) is 17.4 Å². The number of nitrogens with one attached hydrogen (secondary N) is 1. The molecule has 0 saturated heterocycles. The van der Waals surface area contributed by atoms with Crippen molar-refractivity contribution in [1.82, 2.24) is 10.2 Å². The van der Waals surface area contributed by atoms with Gasteiger partial charge in [0, 0.05) is 18.1 Å². The maximum absolute atomic E-state index is 14.1. The number of unbranched alkanes of at least 4 members (excludes halogenated alkanes) is 1. The first-order valence-electron chi connectivity index (χ1n) is 13.6. The van der Waals surface area contributed by atoms with Gasteiger partial charge >= 0.3 is 0 Å². The van der Waals surface area contributed by atoms with Crippen molar-refractivity contribution in [2.24, 2.45) is 0 Å². The molecule has 3 aromatic rings. The van der Waals surface area contributed by atoms with Gasteiger partial charge in [-0.25, -0.2) is 8.42 Å². The quantitative estimate of drug-likeness (QED) is 0.255. The topological polar surface area (TPSA) is 86.8 Å². The van der Waals surface area contributed by atoms with E-state index in [1.54, 1.807) is 43.3 Å². The van der Waals surface area contributed by atoms with Gasteiger partial charge in [-0.3, -0.25) is 13.9 Å². The van der Waals surface area contributed by atoms with E-state index in [1.807, 2.05) is 45.0 Å². The van der Waals surface area contributed by atoms with Gasteiger partial charge in [0.1, 0.15) is 12.6 Å². The lowest BCUT2D eigenvalue weighted by molar-refractivity contribution is -0.140. The molecule has 0 saturated carbocycles. The van der Waals surface area contributed by atoms with Crippen LogP contribution in [0.25, 0.3) is 0 Å². The Hall–Kier alpha value is -3.36. The van der Waals surface area contributed by atoms with E-state index in [9.17, 15) is 18.0 Å². The number of sulfonamides is 1. The molecule has 7 nitrogen and oxygen atoms in total. The monoisotopic (exact) mass is 583 g/mol. The molecule has 3 aromatic carbocycles. The Morgan fingerprint density at radius 2 is 1.65 bits per heavy atom. The Kier molecular flexibility index (Phi) is 11.2. The highest BCUT2D eigenvalue weighted by Crippen LogP contribution is 2.31. The zero-order valence-corrected chi connectivity index (χ0v) is 25.1. The molecular formula is C31H38ClN3O4S. The van der Waals surface area contributed by atoms with Crippen LogP contribution in [0.4, 0.5) is 5.69 Å². The maximum atomic E-state index is 14.1. The lowest BCUT2D eigenvalue weighted by atomic mass is 10.1. The van der Waals surface area contributed by atoms with Crippen molar-refractivity contribution >= 4 is 39.1 Å². The first kappa shape index (κ1) is 31.2. The van der Waals surface area contributed by atoms with Crippen molar-refractivity contribution < 1.29 is 18.0 Å². The number of aryl methyl sites for hydroxylation is 1. The molecule has 0 spiro atoms. The molecule has 40 heavy (non-hydrogen) atoms. The molecule has 3 rings (SSSR count). The fraction of sp³-hybridized carbons (Fsp3) is 0.355. The van der Waals surface area contributed by atoms with Crippen LogP contribution in [-0.4, -0.2) is 44.3 Å². The number of amides is 2. The number of benzene rings is 3. The summed E-state index contributed by atoms with van der Waals surface area (Å²) >= 11 is 6.38. The molecule has 0 fully saturated rings. The van der Waals surface area contributed by atoms with E-state index >= 15 is 0 Å². The van der Waals surface area contributed by atoms with E-state index in [-0.39, 0.29) is 17.3 Å². The summed E-state index contributed by atoms with van der Waals surface area (Å²) in [6, 6.07) is 19.9. The molecule has 1 N–H and O–H groups in total. The third-order valence-electron chi connectivity index (χ3n) is 6.77. The molecular weight excluding hydrogens is 546 g/mol. The molecule has 0 unspecified atom stereocenters. The fourth-order valence-electron chi connectivity index (χ4n) is 4.53. The van der Waals surface area contributed by atoms with E-state index in [0.717, 1.165) is 28.3 Å². The van der Waals surface area contributed by atoms with Crippen molar-refractivity contribution in [3.8, 4) is 0 Å². The van der Waals surface area contributed by atoms with Crippen LogP contribution >= 0.6 is 11.6 Å². The van der Waals surface area contributed by atoms with Gasteiger partial charge in [-0.1, -0.05) is 86.0 Å². The molecule has 9 heteroatoms. The smallest absolute Gasteiger partial charge is 0.264 e. The highest BCUT2D eigenvalue weighted by atomic mass is 35.5. The zero-order valence-electron chi connectivity index (χ0n) is 23.6. The summed E-state index contributed by atoms with van der Waals surface area (Å²) in [6.45, 7) is 7.74. The van der Waals surface area contributed by atoms with Crippen LogP contribution in [0.15, 0.2) is 77.7 Å². The summed E-state index contributed by atoms with van der Waals surface area (Å²) in [5, 5.41) is 3.33. The van der Waals surface area contributed by atoms with Gasteiger partial charge in [0.15, 0.2) is 0 Å². The van der Waals surface area contributed by atoms with Crippen molar-refractivity contribution in [3.05, 3.63) is 94.5 Å². The van der Waals surface area contributed by atoms with Crippen LogP contribution in [0.2, 0.25) is 5.02 Å². The Bertz CT molecular complexity index is 1410. The molecule has 0 aliphatic rings. The normalized spacial score (nSPS) is 12.0. The van der Waals surface area contributed by atoms with Gasteiger partial charge in [-0.2, -0.15) is 0 Å². The molecule has 0 heterocycles. The SMILES string of the molecule is CCCCNC(=O)[C@@H](CC)N(Cc1cccc(C)c1)C(=O)CN(c1cccc(Cl)c1C)S(=O)(=O)c1ccccc1. The van der Waals surface area contributed by atoms with Crippen molar-refractivity contribution in [3.63, 3.8) is 0 Å². The minimum absolute atomic E-state index is 0.0526. The predicted octanol–water partition coefficient (Wildman–Crippen LogP) is 5.88. The summed E-state index contributed by atoms with van der Waals surface area (Å²) < 4.78 is 29.0. The molecule has 2 amide bonds. The van der Waals surface area contributed by atoms with Gasteiger partial charge in [0.2, 0.25) is 11.8 Å². The number of halogens is 1. The predicted molar refractivity (Wildman–Crippen MR) is 161 cm³/mol. The van der Waals surface area contributed by atoms with Crippen LogP contribution in [0, 0.1) is 13.8 Å². The Morgan fingerprint density at radius 1 is 0.950 bits per heavy atom. The number of nitrogens with zero attached hydrogens (tertiary/aromatic N) is 2. The third-order valence-corrected chi connectivity index (χ3v) is 8.95. The average molecular weight is 584 g/mol. The first-order valence-corrected chi connectivity index (χ1v) is 15.4. The van der Waals surface area contributed by atoms with Crippen molar-refractivity contribution in [2.45, 2.75) is 64.4 Å². The lowest BCUT2D eigenvalue weighted by Crippen LogP contribution is -2.52. The average Bonchev–Trinajstić information content (AvgIpc) is 2.94. The zero-order chi connectivity index (χ0) is 29.3. The second-order valence-electron chi connectivity index (χ2n) is 9.79. The number of anilines is 1. The van der Waals surface area contributed by atoms with Crippen LogP contribution in [0.5, 0.6) is 0 Å². The van der Waals surface area contributed by atoms with Crippen LogP contribution < -0.4 is 9.62 Å². The molecule has 0 aliphatic heterocycles.